The average Bonchev–Trinajstić information content (AvgIpc) is 1.14. The molecule has 0 atom stereocenters. The second kappa shape index (κ2) is 2.45. The molecule has 56 valence electrons. The Hall–Kier alpha value is 0.217. The summed E-state index contributed by atoms with van der Waals surface area (Å²) in [5.41, 5.74) is 0.519. The van der Waals surface area contributed by atoms with Gasteiger partial charge in [-0.1, -0.05) is 34.6 Å². The first-order valence-electron chi connectivity index (χ1n) is 3.71. The molecule has 0 nitrogen and oxygen atoms in total. The summed E-state index contributed by atoms with van der Waals surface area (Å²) in [7, 11) is 1.31. The van der Waals surface area contributed by atoms with E-state index in [1.165, 1.54) is 16.7 Å². The first-order chi connectivity index (χ1) is 3.71. The minimum absolute atomic E-state index is 0.519. The SMILES string of the molecule is CC(C)(C)CC(C)(C)[SiH3]. The van der Waals surface area contributed by atoms with Crippen LogP contribution in [0.1, 0.15) is 41.0 Å². The van der Waals surface area contributed by atoms with Gasteiger partial charge in [0.25, 0.3) is 0 Å². The Bertz CT molecular complexity index is 69.7. The second-order valence-electron chi connectivity index (χ2n) is 5.30. The van der Waals surface area contributed by atoms with Crippen LogP contribution in [-0.4, -0.2) is 10.2 Å². The highest BCUT2D eigenvalue weighted by molar-refractivity contribution is 6.14. The van der Waals surface area contributed by atoms with Crippen molar-refractivity contribution in [2.45, 2.75) is 46.1 Å². The van der Waals surface area contributed by atoms with E-state index in [9.17, 15) is 0 Å². The Morgan fingerprint density at radius 2 is 1.33 bits per heavy atom. The largest absolute Gasteiger partial charge is 0.0632 e. The van der Waals surface area contributed by atoms with Crippen molar-refractivity contribution in [3.63, 3.8) is 0 Å². The summed E-state index contributed by atoms with van der Waals surface area (Å²) in [4.78, 5) is 0. The fourth-order valence-electron chi connectivity index (χ4n) is 1.59. The van der Waals surface area contributed by atoms with E-state index in [2.05, 4.69) is 34.6 Å². The molecule has 0 aromatic carbocycles. The smallest absolute Gasteiger partial charge is 0.00997 e. The van der Waals surface area contributed by atoms with E-state index in [1.54, 1.807) is 0 Å². The predicted molar refractivity (Wildman–Crippen MR) is 48.1 cm³/mol. The van der Waals surface area contributed by atoms with Crippen LogP contribution in [0.4, 0.5) is 0 Å². The third-order valence-corrected chi connectivity index (χ3v) is 1.41. The lowest BCUT2D eigenvalue weighted by Gasteiger charge is -2.28. The third-order valence-electron chi connectivity index (χ3n) is 1.06. The summed E-state index contributed by atoms with van der Waals surface area (Å²) >= 11 is 0. The van der Waals surface area contributed by atoms with Crippen LogP contribution >= 0.6 is 0 Å². The van der Waals surface area contributed by atoms with Crippen LogP contribution in [0.3, 0.4) is 0 Å². The van der Waals surface area contributed by atoms with Crippen LogP contribution < -0.4 is 0 Å². The monoisotopic (exact) mass is 144 g/mol. The van der Waals surface area contributed by atoms with Gasteiger partial charge in [-0.05, 0) is 16.9 Å². The minimum Gasteiger partial charge on any atom is -0.0632 e. The Kier molecular flexibility index (Phi) is 2.51. The quantitative estimate of drug-likeness (QED) is 0.494. The van der Waals surface area contributed by atoms with Gasteiger partial charge in [-0.2, -0.15) is 0 Å². The molecular formula is C8H20Si. The van der Waals surface area contributed by atoms with Gasteiger partial charge in [-0.15, -0.1) is 0 Å². The zero-order valence-electron chi connectivity index (χ0n) is 7.71. The molecule has 1 heteroatoms. The Morgan fingerprint density at radius 3 is 1.33 bits per heavy atom. The van der Waals surface area contributed by atoms with E-state index in [1.807, 2.05) is 0 Å². The molecule has 0 aromatic rings. The molecule has 0 aliphatic rings. The highest BCUT2D eigenvalue weighted by atomic mass is 28.1. The zero-order valence-corrected chi connectivity index (χ0v) is 9.71. The van der Waals surface area contributed by atoms with Gasteiger partial charge in [0.2, 0.25) is 0 Å². The van der Waals surface area contributed by atoms with E-state index < -0.39 is 0 Å². The molecule has 0 fully saturated rings. The lowest BCUT2D eigenvalue weighted by molar-refractivity contribution is 0.331. The fraction of sp³-hybridized carbons (Fsp3) is 1.00. The summed E-state index contributed by atoms with van der Waals surface area (Å²) in [5, 5.41) is 0.623. The maximum Gasteiger partial charge on any atom is 0.00997 e. The van der Waals surface area contributed by atoms with Gasteiger partial charge in [0, 0.05) is 10.2 Å². The van der Waals surface area contributed by atoms with E-state index in [4.69, 9.17) is 0 Å². The highest BCUT2D eigenvalue weighted by Crippen LogP contribution is 2.35. The van der Waals surface area contributed by atoms with Crippen molar-refractivity contribution in [2.75, 3.05) is 0 Å². The molecule has 9 heavy (non-hydrogen) atoms. The van der Waals surface area contributed by atoms with Crippen LogP contribution in [0.2, 0.25) is 5.04 Å². The van der Waals surface area contributed by atoms with E-state index in [0.717, 1.165) is 0 Å². The molecule has 0 rings (SSSR count). The molecule has 0 spiro atoms. The predicted octanol–water partition coefficient (Wildman–Crippen LogP) is 1.99. The van der Waals surface area contributed by atoms with Gasteiger partial charge < -0.3 is 0 Å². The number of hydrogen-bond acceptors (Lipinski definition) is 0. The minimum atomic E-state index is 0.519. The molecule has 0 saturated carbocycles. The van der Waals surface area contributed by atoms with E-state index in [-0.39, 0.29) is 0 Å². The molecule has 0 N–H and O–H groups in total. The van der Waals surface area contributed by atoms with Crippen molar-refractivity contribution in [3.8, 4) is 0 Å². The average molecular weight is 144 g/mol. The molecule has 0 heterocycles. The molecule has 0 bridgehead atoms. The van der Waals surface area contributed by atoms with Crippen molar-refractivity contribution in [1.29, 1.82) is 0 Å². The maximum atomic E-state index is 2.35. The summed E-state index contributed by atoms with van der Waals surface area (Å²) in [6, 6.07) is 0. The van der Waals surface area contributed by atoms with E-state index >= 15 is 0 Å². The number of hydrogen-bond donors (Lipinski definition) is 0. The van der Waals surface area contributed by atoms with Crippen LogP contribution in [0, 0.1) is 5.41 Å². The van der Waals surface area contributed by atoms with Crippen molar-refractivity contribution in [3.05, 3.63) is 0 Å². The first kappa shape index (κ1) is 9.22. The van der Waals surface area contributed by atoms with Crippen molar-refractivity contribution in [2.24, 2.45) is 5.41 Å². The lowest BCUT2D eigenvalue weighted by atomic mass is 9.86. The standard InChI is InChI=1S/C8H20Si/c1-7(2,3)6-8(4,5)9/h6H2,1-5,9H3. The summed E-state index contributed by atoms with van der Waals surface area (Å²) in [6.07, 6.45) is 1.35. The van der Waals surface area contributed by atoms with Crippen molar-refractivity contribution >= 4 is 10.2 Å². The molecular weight excluding hydrogens is 124 g/mol. The molecule has 0 saturated heterocycles. The summed E-state index contributed by atoms with van der Waals surface area (Å²) in [6.45, 7) is 11.6. The number of rotatable bonds is 1. The van der Waals surface area contributed by atoms with Gasteiger partial charge in [0.1, 0.15) is 0 Å². The molecule has 0 radical (unpaired) electrons. The topological polar surface area (TPSA) is 0 Å². The molecule has 0 aliphatic carbocycles. The molecule has 0 aromatic heterocycles. The lowest BCUT2D eigenvalue weighted by Crippen LogP contribution is -2.14. The highest BCUT2D eigenvalue weighted by Gasteiger charge is 2.19. The zero-order chi connectivity index (χ0) is 7.71. The summed E-state index contributed by atoms with van der Waals surface area (Å²) < 4.78 is 0. The van der Waals surface area contributed by atoms with Gasteiger partial charge >= 0.3 is 0 Å². The van der Waals surface area contributed by atoms with E-state index in [0.29, 0.717) is 10.5 Å². The Morgan fingerprint density at radius 1 is 1.00 bits per heavy atom. The summed E-state index contributed by atoms with van der Waals surface area (Å²) in [5.74, 6) is 0. The normalized spacial score (nSPS) is 14.3. The van der Waals surface area contributed by atoms with Gasteiger partial charge in [-0.3, -0.25) is 0 Å². The van der Waals surface area contributed by atoms with Crippen LogP contribution in [0.25, 0.3) is 0 Å². The van der Waals surface area contributed by atoms with Crippen LogP contribution in [0.5, 0.6) is 0 Å². The maximum absolute atomic E-state index is 2.35. The van der Waals surface area contributed by atoms with Gasteiger partial charge in [0.05, 0.1) is 0 Å². The Balaban J connectivity index is 3.75. The van der Waals surface area contributed by atoms with Gasteiger partial charge in [0.15, 0.2) is 0 Å². The fourth-order valence-corrected chi connectivity index (χ4v) is 2.65. The molecule has 0 unspecified atom stereocenters. The molecule has 0 aliphatic heterocycles. The second-order valence-corrected chi connectivity index (χ2v) is 8.01. The first-order valence-corrected chi connectivity index (χ1v) is 4.71. The van der Waals surface area contributed by atoms with Crippen molar-refractivity contribution in [1.82, 2.24) is 0 Å². The van der Waals surface area contributed by atoms with Gasteiger partial charge in [-0.25, -0.2) is 0 Å². The Labute approximate surface area is 62.5 Å². The van der Waals surface area contributed by atoms with Crippen LogP contribution in [-0.2, 0) is 0 Å². The third kappa shape index (κ3) is 8.22. The van der Waals surface area contributed by atoms with Crippen molar-refractivity contribution < 1.29 is 0 Å². The molecule has 0 amide bonds. The van der Waals surface area contributed by atoms with Crippen LogP contribution in [0.15, 0.2) is 0 Å².